The van der Waals surface area contributed by atoms with Crippen molar-refractivity contribution in [3.8, 4) is 0 Å². The van der Waals surface area contributed by atoms with E-state index < -0.39 is 10.0 Å². The van der Waals surface area contributed by atoms with Crippen molar-refractivity contribution in [2.45, 2.75) is 33.2 Å². The van der Waals surface area contributed by atoms with Gasteiger partial charge < -0.3 is 4.90 Å². The van der Waals surface area contributed by atoms with Gasteiger partial charge in [-0.3, -0.25) is 9.78 Å². The number of hydrogen-bond acceptors (Lipinski definition) is 4. The van der Waals surface area contributed by atoms with Crippen LogP contribution < -0.4 is 0 Å². The average Bonchev–Trinajstić information content (AvgIpc) is 2.46. The molecule has 1 aromatic heterocycles. The molecule has 1 aromatic rings. The van der Waals surface area contributed by atoms with E-state index in [0.717, 1.165) is 19.1 Å². The first-order chi connectivity index (χ1) is 10.4. The Labute approximate surface area is 133 Å². The molecule has 0 spiro atoms. The lowest BCUT2D eigenvalue weighted by Gasteiger charge is -2.25. The summed E-state index contributed by atoms with van der Waals surface area (Å²) in [4.78, 5) is 18.2. The largest absolute Gasteiger partial charge is 0.342 e. The van der Waals surface area contributed by atoms with E-state index in [1.54, 1.807) is 29.3 Å². The Hall–Kier alpha value is -1.47. The van der Waals surface area contributed by atoms with Gasteiger partial charge in [0, 0.05) is 19.3 Å². The van der Waals surface area contributed by atoms with Crippen molar-refractivity contribution in [3.63, 3.8) is 0 Å². The van der Waals surface area contributed by atoms with Crippen molar-refractivity contribution in [3.05, 3.63) is 30.1 Å². The average molecular weight is 327 g/mol. The SMILES string of the molecule is CCCN(CCC)C(=O)CN(Cc1ccccn1)S(C)(=O)=O. The Morgan fingerprint density at radius 1 is 1.18 bits per heavy atom. The fourth-order valence-electron chi connectivity index (χ4n) is 2.11. The lowest BCUT2D eigenvalue weighted by molar-refractivity contribution is -0.131. The number of hydrogen-bond donors (Lipinski definition) is 0. The van der Waals surface area contributed by atoms with Crippen molar-refractivity contribution in [1.82, 2.24) is 14.2 Å². The van der Waals surface area contributed by atoms with Gasteiger partial charge in [-0.1, -0.05) is 19.9 Å². The summed E-state index contributed by atoms with van der Waals surface area (Å²) in [5.41, 5.74) is 0.623. The normalized spacial score (nSPS) is 11.6. The van der Waals surface area contributed by atoms with Crippen LogP contribution in [0.25, 0.3) is 0 Å². The van der Waals surface area contributed by atoms with Crippen LogP contribution >= 0.6 is 0 Å². The molecule has 0 saturated heterocycles. The highest BCUT2D eigenvalue weighted by atomic mass is 32.2. The Kier molecular flexibility index (Phi) is 7.47. The van der Waals surface area contributed by atoms with E-state index in [9.17, 15) is 13.2 Å². The molecule has 0 fully saturated rings. The number of aromatic nitrogens is 1. The predicted molar refractivity (Wildman–Crippen MR) is 86.7 cm³/mol. The summed E-state index contributed by atoms with van der Waals surface area (Å²) in [5, 5.41) is 0. The summed E-state index contributed by atoms with van der Waals surface area (Å²) >= 11 is 0. The number of rotatable bonds is 9. The van der Waals surface area contributed by atoms with Crippen molar-refractivity contribution < 1.29 is 13.2 Å². The molecule has 7 heteroatoms. The first kappa shape index (κ1) is 18.6. The quantitative estimate of drug-likeness (QED) is 0.689. The molecule has 1 amide bonds. The van der Waals surface area contributed by atoms with E-state index in [0.29, 0.717) is 18.8 Å². The molecule has 1 heterocycles. The fourth-order valence-corrected chi connectivity index (χ4v) is 2.83. The minimum absolute atomic E-state index is 0.109. The number of amides is 1. The minimum Gasteiger partial charge on any atom is -0.342 e. The fraction of sp³-hybridized carbons (Fsp3) is 0.600. The van der Waals surface area contributed by atoms with Crippen LogP contribution in [0.4, 0.5) is 0 Å². The third-order valence-corrected chi connectivity index (χ3v) is 4.38. The van der Waals surface area contributed by atoms with Gasteiger partial charge in [0.1, 0.15) is 0 Å². The summed E-state index contributed by atoms with van der Waals surface area (Å²) in [7, 11) is -3.48. The van der Waals surface area contributed by atoms with E-state index in [2.05, 4.69) is 4.98 Å². The number of pyridine rings is 1. The molecular formula is C15H25N3O3S. The lowest BCUT2D eigenvalue weighted by Crippen LogP contribution is -2.43. The van der Waals surface area contributed by atoms with Crippen LogP contribution in [0.2, 0.25) is 0 Å². The van der Waals surface area contributed by atoms with Crippen molar-refractivity contribution in [1.29, 1.82) is 0 Å². The van der Waals surface area contributed by atoms with Gasteiger partial charge in [-0.2, -0.15) is 4.31 Å². The maximum Gasteiger partial charge on any atom is 0.237 e. The minimum atomic E-state index is -3.48. The zero-order chi connectivity index (χ0) is 16.6. The molecule has 0 aromatic carbocycles. The van der Waals surface area contributed by atoms with Crippen LogP contribution in [0.3, 0.4) is 0 Å². The summed E-state index contributed by atoms with van der Waals surface area (Å²) < 4.78 is 25.1. The molecule has 0 unspecified atom stereocenters. The number of sulfonamides is 1. The monoisotopic (exact) mass is 327 g/mol. The Morgan fingerprint density at radius 2 is 1.82 bits per heavy atom. The smallest absolute Gasteiger partial charge is 0.237 e. The van der Waals surface area contributed by atoms with Crippen LogP contribution in [-0.2, 0) is 21.4 Å². The van der Waals surface area contributed by atoms with Gasteiger partial charge in [0.05, 0.1) is 25.0 Å². The van der Waals surface area contributed by atoms with Gasteiger partial charge in [-0.15, -0.1) is 0 Å². The van der Waals surface area contributed by atoms with Crippen LogP contribution in [0.15, 0.2) is 24.4 Å². The molecule has 0 aliphatic rings. The molecule has 0 N–H and O–H groups in total. The molecule has 0 bridgehead atoms. The summed E-state index contributed by atoms with van der Waals surface area (Å²) in [6.45, 7) is 5.25. The third kappa shape index (κ3) is 6.11. The van der Waals surface area contributed by atoms with Gasteiger partial charge in [0.15, 0.2) is 0 Å². The highest BCUT2D eigenvalue weighted by Gasteiger charge is 2.23. The molecule has 0 aliphatic heterocycles. The highest BCUT2D eigenvalue weighted by Crippen LogP contribution is 2.07. The topological polar surface area (TPSA) is 70.6 Å². The van der Waals surface area contributed by atoms with Gasteiger partial charge in [-0.25, -0.2) is 8.42 Å². The zero-order valence-electron chi connectivity index (χ0n) is 13.5. The maximum absolute atomic E-state index is 12.4. The molecule has 0 atom stereocenters. The molecule has 22 heavy (non-hydrogen) atoms. The number of carbonyl (C=O) groups is 1. The van der Waals surface area contributed by atoms with Gasteiger partial charge in [0.2, 0.25) is 15.9 Å². The van der Waals surface area contributed by atoms with E-state index in [-0.39, 0.29) is 19.0 Å². The number of carbonyl (C=O) groups excluding carboxylic acids is 1. The third-order valence-electron chi connectivity index (χ3n) is 3.18. The molecule has 6 nitrogen and oxygen atoms in total. The Balaban J connectivity index is 2.83. The van der Waals surface area contributed by atoms with Gasteiger partial charge in [-0.05, 0) is 25.0 Å². The highest BCUT2D eigenvalue weighted by molar-refractivity contribution is 7.88. The summed E-state index contributed by atoms with van der Waals surface area (Å²) in [6, 6.07) is 5.31. The summed E-state index contributed by atoms with van der Waals surface area (Å²) in [6.07, 6.45) is 4.43. The predicted octanol–water partition coefficient (Wildman–Crippen LogP) is 1.49. The molecule has 0 aliphatic carbocycles. The van der Waals surface area contributed by atoms with E-state index in [4.69, 9.17) is 0 Å². The second-order valence-electron chi connectivity index (χ2n) is 5.23. The molecule has 0 radical (unpaired) electrons. The Morgan fingerprint density at radius 3 is 2.27 bits per heavy atom. The molecule has 0 saturated carbocycles. The lowest BCUT2D eigenvalue weighted by atomic mass is 10.3. The van der Waals surface area contributed by atoms with E-state index >= 15 is 0 Å². The van der Waals surface area contributed by atoms with Crippen molar-refractivity contribution in [2.24, 2.45) is 0 Å². The van der Waals surface area contributed by atoms with Gasteiger partial charge in [0.25, 0.3) is 0 Å². The molecular weight excluding hydrogens is 302 g/mol. The van der Waals surface area contributed by atoms with Crippen molar-refractivity contribution in [2.75, 3.05) is 25.9 Å². The zero-order valence-corrected chi connectivity index (χ0v) is 14.3. The standard InChI is InChI=1S/C15H25N3O3S/c1-4-10-17(11-5-2)15(19)13-18(22(3,20)21)12-14-8-6-7-9-16-14/h6-9H,4-5,10-13H2,1-3H3. The second-order valence-corrected chi connectivity index (χ2v) is 7.22. The summed E-state index contributed by atoms with van der Waals surface area (Å²) in [5.74, 6) is -0.162. The van der Waals surface area contributed by atoms with Crippen LogP contribution in [0.5, 0.6) is 0 Å². The first-order valence-corrected chi connectivity index (χ1v) is 9.36. The van der Waals surface area contributed by atoms with Crippen LogP contribution in [0, 0.1) is 0 Å². The van der Waals surface area contributed by atoms with Crippen LogP contribution in [-0.4, -0.2) is 54.4 Å². The van der Waals surface area contributed by atoms with E-state index in [1.807, 2.05) is 13.8 Å². The van der Waals surface area contributed by atoms with Crippen molar-refractivity contribution >= 4 is 15.9 Å². The van der Waals surface area contributed by atoms with E-state index in [1.165, 1.54) is 4.31 Å². The number of nitrogens with zero attached hydrogens (tertiary/aromatic N) is 3. The molecule has 124 valence electrons. The van der Waals surface area contributed by atoms with Crippen LogP contribution in [0.1, 0.15) is 32.4 Å². The first-order valence-electron chi connectivity index (χ1n) is 7.51. The maximum atomic E-state index is 12.4. The second kappa shape index (κ2) is 8.85. The van der Waals surface area contributed by atoms with Gasteiger partial charge >= 0.3 is 0 Å². The Bertz CT molecular complexity index is 555. The molecule has 1 rings (SSSR count).